The van der Waals surface area contributed by atoms with Crippen molar-refractivity contribution in [1.82, 2.24) is 0 Å². The lowest BCUT2D eigenvalue weighted by Gasteiger charge is -2.13. The average molecular weight is 577 g/mol. The van der Waals surface area contributed by atoms with Crippen molar-refractivity contribution in [2.75, 3.05) is 12.5 Å². The third-order valence-corrected chi connectivity index (χ3v) is 18.4. The first-order valence-electron chi connectivity index (χ1n) is 8.93. The molecule has 0 saturated carbocycles. The second kappa shape index (κ2) is 10.8. The van der Waals surface area contributed by atoms with Crippen molar-refractivity contribution in [1.29, 1.82) is 0 Å². The average Bonchev–Trinajstić information content (AvgIpc) is 3.55. The zero-order valence-corrected chi connectivity index (χ0v) is 24.1. The van der Waals surface area contributed by atoms with Crippen LogP contribution >= 0.6 is 118 Å². The Bertz CT molecular complexity index is 944. The molecule has 5 aliphatic rings. The Morgan fingerprint density at radius 3 is 1.57 bits per heavy atom. The first-order valence-corrected chi connectivity index (χ1v) is 17.9. The van der Waals surface area contributed by atoms with Crippen molar-refractivity contribution in [2.45, 2.75) is 12.8 Å². The smallest absolute Gasteiger partial charge is 0.0718 e. The lowest BCUT2D eigenvalue weighted by Crippen LogP contribution is -1.80. The number of hydrogen-bond donors (Lipinski definition) is 0. The van der Waals surface area contributed by atoms with E-state index in [2.05, 4.69) is 49.0 Å². The van der Waals surface area contributed by atoms with Gasteiger partial charge in [-0.15, -0.1) is 23.5 Å². The molecule has 156 valence electrons. The summed E-state index contributed by atoms with van der Waals surface area (Å²) in [4.78, 5) is 2.90. The molecule has 0 nitrogen and oxygen atoms in total. The first kappa shape index (κ1) is 23.2. The van der Waals surface area contributed by atoms with Crippen LogP contribution in [-0.4, -0.2) is 12.5 Å². The standard InChI is InChI=1S/C20H16S10/c1-21-13-14(22-2)26-17(25-13)18-29-19-20(30-18)28-16(27-19)15(23-11-7-3-4-8-11)24-12-9-5-6-10-12/h3-7,9H,8,10H2,1-2H3. The summed E-state index contributed by atoms with van der Waals surface area (Å²) in [5, 5.41) is 0. The number of allylic oxidation sites excluding steroid dienone is 8. The molecular weight excluding hydrogens is 561 g/mol. The van der Waals surface area contributed by atoms with Crippen molar-refractivity contribution in [3.8, 4) is 0 Å². The lowest BCUT2D eigenvalue weighted by molar-refractivity contribution is 1.41. The van der Waals surface area contributed by atoms with Crippen LogP contribution < -0.4 is 0 Å². The fourth-order valence-electron chi connectivity index (χ4n) is 2.71. The van der Waals surface area contributed by atoms with E-state index in [-0.39, 0.29) is 0 Å². The molecule has 3 aliphatic heterocycles. The maximum absolute atomic E-state index is 2.26. The third kappa shape index (κ3) is 5.23. The first-order chi connectivity index (χ1) is 14.7. The van der Waals surface area contributed by atoms with Crippen LogP contribution in [0.5, 0.6) is 0 Å². The summed E-state index contributed by atoms with van der Waals surface area (Å²) in [6.07, 6.45) is 19.9. The normalized spacial score (nSPS) is 22.8. The zero-order chi connectivity index (χ0) is 20.5. The van der Waals surface area contributed by atoms with Crippen LogP contribution in [0.4, 0.5) is 0 Å². The van der Waals surface area contributed by atoms with E-state index in [0.717, 1.165) is 12.8 Å². The summed E-state index contributed by atoms with van der Waals surface area (Å²) < 4.78 is 11.7. The Balaban J connectivity index is 1.30. The molecule has 0 amide bonds. The van der Waals surface area contributed by atoms with E-state index in [1.54, 1.807) is 0 Å². The molecule has 0 atom stereocenters. The van der Waals surface area contributed by atoms with Crippen molar-refractivity contribution in [3.63, 3.8) is 0 Å². The molecule has 5 rings (SSSR count). The summed E-state index contributed by atoms with van der Waals surface area (Å²) in [5.41, 5.74) is 0. The predicted molar refractivity (Wildman–Crippen MR) is 160 cm³/mol. The van der Waals surface area contributed by atoms with Gasteiger partial charge in [-0.3, -0.25) is 0 Å². The summed E-state index contributed by atoms with van der Waals surface area (Å²) >= 11 is 19.5. The van der Waals surface area contributed by atoms with E-state index in [9.17, 15) is 0 Å². The molecular formula is C20H16S10. The van der Waals surface area contributed by atoms with Gasteiger partial charge in [-0.2, -0.15) is 0 Å². The molecule has 10 heteroatoms. The van der Waals surface area contributed by atoms with Gasteiger partial charge in [0.15, 0.2) is 0 Å². The maximum atomic E-state index is 2.26. The van der Waals surface area contributed by atoms with Crippen molar-refractivity contribution < 1.29 is 0 Å². The van der Waals surface area contributed by atoms with Crippen LogP contribution in [0.3, 0.4) is 0 Å². The summed E-state index contributed by atoms with van der Waals surface area (Å²) in [5.74, 6) is 0. The minimum atomic E-state index is 1.07. The Morgan fingerprint density at radius 1 is 0.667 bits per heavy atom. The van der Waals surface area contributed by atoms with E-state index < -0.39 is 0 Å². The second-order valence-corrected chi connectivity index (χ2v) is 18.2. The van der Waals surface area contributed by atoms with Crippen LogP contribution in [0.1, 0.15) is 12.8 Å². The van der Waals surface area contributed by atoms with Gasteiger partial charge in [0, 0.05) is 0 Å². The van der Waals surface area contributed by atoms with Crippen LogP contribution in [0, 0.1) is 0 Å². The summed E-state index contributed by atoms with van der Waals surface area (Å²) in [6, 6.07) is 0. The number of rotatable bonds is 6. The van der Waals surface area contributed by atoms with Gasteiger partial charge in [-0.25, -0.2) is 0 Å². The third-order valence-electron chi connectivity index (χ3n) is 4.07. The van der Waals surface area contributed by atoms with Gasteiger partial charge >= 0.3 is 0 Å². The van der Waals surface area contributed by atoms with Crippen LogP contribution in [0.25, 0.3) is 0 Å². The maximum Gasteiger partial charge on any atom is 0.0718 e. The number of thioether (sulfide) groups is 10. The monoisotopic (exact) mass is 576 g/mol. The molecule has 3 heterocycles. The van der Waals surface area contributed by atoms with Crippen LogP contribution in [0.2, 0.25) is 0 Å². The van der Waals surface area contributed by atoms with Gasteiger partial charge in [0.2, 0.25) is 0 Å². The quantitative estimate of drug-likeness (QED) is 0.298. The van der Waals surface area contributed by atoms with Crippen molar-refractivity contribution in [2.24, 2.45) is 0 Å². The largest absolute Gasteiger partial charge is 0.121 e. The van der Waals surface area contributed by atoms with Gasteiger partial charge in [0.05, 0.1) is 33.9 Å². The minimum absolute atomic E-state index is 1.07. The highest BCUT2D eigenvalue weighted by molar-refractivity contribution is 8.50. The molecule has 0 aromatic carbocycles. The summed E-state index contributed by atoms with van der Waals surface area (Å²) in [7, 11) is 0. The highest BCUT2D eigenvalue weighted by Crippen LogP contribution is 2.72. The fourth-order valence-corrected chi connectivity index (χ4v) is 17.1. The van der Waals surface area contributed by atoms with Crippen molar-refractivity contribution >= 4 is 118 Å². The second-order valence-electron chi connectivity index (χ2n) is 6.05. The molecule has 0 saturated heterocycles. The SMILES string of the molecule is CSC1=C(SC)SC(=C2SC3=C(SC(=C(SC4=CC=CC4)SC4=CC=CC4)S3)S2)S1. The Hall–Kier alpha value is 1.42. The zero-order valence-electron chi connectivity index (χ0n) is 16.0. The molecule has 0 N–H and O–H groups in total. The summed E-state index contributed by atoms with van der Waals surface area (Å²) in [6.45, 7) is 0. The Labute approximate surface area is 220 Å². The van der Waals surface area contributed by atoms with E-state index in [4.69, 9.17) is 0 Å². The predicted octanol–water partition coefficient (Wildman–Crippen LogP) is 10.8. The Kier molecular flexibility index (Phi) is 8.33. The minimum Gasteiger partial charge on any atom is -0.121 e. The van der Waals surface area contributed by atoms with Gasteiger partial charge in [0.25, 0.3) is 0 Å². The van der Waals surface area contributed by atoms with E-state index in [1.807, 2.05) is 118 Å². The molecule has 2 aliphatic carbocycles. The van der Waals surface area contributed by atoms with E-state index >= 15 is 0 Å². The van der Waals surface area contributed by atoms with Crippen LogP contribution in [-0.2, 0) is 0 Å². The highest BCUT2D eigenvalue weighted by atomic mass is 32.3. The molecule has 0 spiro atoms. The molecule has 0 fully saturated rings. The van der Waals surface area contributed by atoms with Gasteiger partial charge in [0.1, 0.15) is 0 Å². The topological polar surface area (TPSA) is 0 Å². The Morgan fingerprint density at radius 2 is 1.13 bits per heavy atom. The molecule has 0 radical (unpaired) electrons. The van der Waals surface area contributed by atoms with Crippen molar-refractivity contribution in [3.05, 3.63) is 80.2 Å². The highest BCUT2D eigenvalue weighted by Gasteiger charge is 2.35. The fraction of sp³-hybridized carbons (Fsp3) is 0.200. The van der Waals surface area contributed by atoms with Crippen LogP contribution in [0.15, 0.2) is 80.2 Å². The van der Waals surface area contributed by atoms with Gasteiger partial charge < -0.3 is 0 Å². The molecule has 30 heavy (non-hydrogen) atoms. The molecule has 0 aromatic heterocycles. The van der Waals surface area contributed by atoms with Gasteiger partial charge in [-0.1, -0.05) is 131 Å². The van der Waals surface area contributed by atoms with E-state index in [0.29, 0.717) is 0 Å². The van der Waals surface area contributed by atoms with Gasteiger partial charge in [-0.05, 0) is 35.2 Å². The molecule has 0 unspecified atom stereocenters. The lowest BCUT2D eigenvalue weighted by atomic mass is 10.5. The molecule has 0 bridgehead atoms. The number of hydrogen-bond acceptors (Lipinski definition) is 10. The molecule has 0 aromatic rings. The van der Waals surface area contributed by atoms with E-state index in [1.165, 1.54) is 43.7 Å².